The van der Waals surface area contributed by atoms with Crippen LogP contribution in [0.4, 0.5) is 0 Å². The fraction of sp³-hybridized carbons (Fsp3) is 0.357. The molecule has 16 heavy (non-hydrogen) atoms. The third-order valence-electron chi connectivity index (χ3n) is 2.98. The van der Waals surface area contributed by atoms with Crippen LogP contribution in [-0.2, 0) is 0 Å². The Hall–Kier alpha value is -1.41. The number of nitrogens with zero attached hydrogens (tertiary/aromatic N) is 1. The van der Waals surface area contributed by atoms with Crippen LogP contribution in [-0.4, -0.2) is 12.0 Å². The minimum atomic E-state index is 0.429. The molecule has 1 N–H and O–H groups in total. The smallest absolute Gasteiger partial charge is 0.0705 e. The van der Waals surface area contributed by atoms with Crippen molar-refractivity contribution in [2.45, 2.75) is 25.8 Å². The molecular weight excluding hydrogens is 196 g/mol. The molecule has 0 aliphatic rings. The molecule has 2 rings (SSSR count). The average Bonchev–Trinajstić information content (AvgIpc) is 2.35. The minimum Gasteiger partial charge on any atom is -0.313 e. The van der Waals surface area contributed by atoms with E-state index in [2.05, 4.69) is 41.5 Å². The maximum atomic E-state index is 4.39. The van der Waals surface area contributed by atoms with Crippen molar-refractivity contribution in [3.8, 4) is 0 Å². The highest BCUT2D eigenvalue weighted by Crippen LogP contribution is 2.25. The van der Waals surface area contributed by atoms with Crippen LogP contribution in [0.1, 0.15) is 31.4 Å². The van der Waals surface area contributed by atoms with E-state index < -0.39 is 0 Å². The van der Waals surface area contributed by atoms with Gasteiger partial charge in [0.15, 0.2) is 0 Å². The van der Waals surface area contributed by atoms with Crippen molar-refractivity contribution < 1.29 is 0 Å². The van der Waals surface area contributed by atoms with Gasteiger partial charge in [-0.05, 0) is 31.2 Å². The van der Waals surface area contributed by atoms with Gasteiger partial charge >= 0.3 is 0 Å². The first-order valence-electron chi connectivity index (χ1n) is 5.87. The van der Waals surface area contributed by atoms with Crippen LogP contribution in [0.25, 0.3) is 10.9 Å². The van der Waals surface area contributed by atoms with E-state index in [1.807, 2.05) is 19.3 Å². The van der Waals surface area contributed by atoms with E-state index in [0.29, 0.717) is 6.04 Å². The van der Waals surface area contributed by atoms with E-state index in [1.54, 1.807) is 0 Å². The van der Waals surface area contributed by atoms with Crippen molar-refractivity contribution in [2.75, 3.05) is 7.05 Å². The average molecular weight is 214 g/mol. The summed E-state index contributed by atoms with van der Waals surface area (Å²) in [6, 6.07) is 10.9. The Morgan fingerprint density at radius 2 is 2.12 bits per heavy atom. The number of fused-ring (bicyclic) bond motifs is 1. The molecule has 2 aromatic rings. The summed E-state index contributed by atoms with van der Waals surface area (Å²) >= 11 is 0. The topological polar surface area (TPSA) is 24.9 Å². The van der Waals surface area contributed by atoms with Crippen LogP contribution >= 0.6 is 0 Å². The molecule has 2 nitrogen and oxygen atoms in total. The molecule has 2 heteroatoms. The third kappa shape index (κ3) is 2.07. The number of nitrogens with one attached hydrogen (secondary N) is 1. The van der Waals surface area contributed by atoms with Gasteiger partial charge in [0.05, 0.1) is 5.52 Å². The van der Waals surface area contributed by atoms with Gasteiger partial charge in [-0.25, -0.2) is 0 Å². The van der Waals surface area contributed by atoms with Gasteiger partial charge < -0.3 is 5.32 Å². The molecular formula is C14H18N2. The number of hydrogen-bond acceptors (Lipinski definition) is 2. The van der Waals surface area contributed by atoms with Gasteiger partial charge in [0.25, 0.3) is 0 Å². The van der Waals surface area contributed by atoms with E-state index in [0.717, 1.165) is 11.9 Å². The summed E-state index contributed by atoms with van der Waals surface area (Å²) < 4.78 is 0. The van der Waals surface area contributed by atoms with Gasteiger partial charge in [0.1, 0.15) is 0 Å². The molecule has 0 saturated heterocycles. The maximum absolute atomic E-state index is 4.39. The standard InChI is InChI=1S/C14H18N2/c1-3-6-13(15-2)11-7-4-9-14-12(11)8-5-10-16-14/h4-5,7-10,13,15H,3,6H2,1-2H3. The highest BCUT2D eigenvalue weighted by molar-refractivity contribution is 5.82. The molecule has 0 fully saturated rings. The summed E-state index contributed by atoms with van der Waals surface area (Å²) in [6.45, 7) is 2.22. The van der Waals surface area contributed by atoms with Crippen molar-refractivity contribution in [3.05, 3.63) is 42.1 Å². The summed E-state index contributed by atoms with van der Waals surface area (Å²) in [5.74, 6) is 0. The zero-order chi connectivity index (χ0) is 11.4. The lowest BCUT2D eigenvalue weighted by atomic mass is 9.98. The first kappa shape index (κ1) is 11.1. The molecule has 0 saturated carbocycles. The SMILES string of the molecule is CCCC(NC)c1cccc2ncccc12. The number of rotatable bonds is 4. The van der Waals surface area contributed by atoms with Crippen LogP contribution in [0, 0.1) is 0 Å². The summed E-state index contributed by atoms with van der Waals surface area (Å²) in [5.41, 5.74) is 2.44. The van der Waals surface area contributed by atoms with Gasteiger partial charge in [0.2, 0.25) is 0 Å². The Bertz CT molecular complexity index is 460. The molecule has 0 radical (unpaired) electrons. The zero-order valence-corrected chi connectivity index (χ0v) is 9.90. The Morgan fingerprint density at radius 3 is 2.88 bits per heavy atom. The maximum Gasteiger partial charge on any atom is 0.0705 e. The highest BCUT2D eigenvalue weighted by Gasteiger charge is 2.10. The van der Waals surface area contributed by atoms with Crippen molar-refractivity contribution in [1.82, 2.24) is 10.3 Å². The molecule has 0 bridgehead atoms. The van der Waals surface area contributed by atoms with Crippen molar-refractivity contribution in [3.63, 3.8) is 0 Å². The first-order chi connectivity index (χ1) is 7.86. The fourth-order valence-electron chi connectivity index (χ4n) is 2.18. The summed E-state index contributed by atoms with van der Waals surface area (Å²) in [5, 5.41) is 4.65. The van der Waals surface area contributed by atoms with Gasteiger partial charge in [0, 0.05) is 17.6 Å². The third-order valence-corrected chi connectivity index (χ3v) is 2.98. The van der Waals surface area contributed by atoms with Gasteiger partial charge in [-0.3, -0.25) is 4.98 Å². The highest BCUT2D eigenvalue weighted by atomic mass is 14.9. The quantitative estimate of drug-likeness (QED) is 0.844. The lowest BCUT2D eigenvalue weighted by molar-refractivity contribution is 0.545. The van der Waals surface area contributed by atoms with E-state index >= 15 is 0 Å². The lowest BCUT2D eigenvalue weighted by Crippen LogP contribution is -2.16. The summed E-state index contributed by atoms with van der Waals surface area (Å²) in [4.78, 5) is 4.39. The van der Waals surface area contributed by atoms with E-state index in [9.17, 15) is 0 Å². The van der Waals surface area contributed by atoms with Crippen molar-refractivity contribution in [2.24, 2.45) is 0 Å². The number of hydrogen-bond donors (Lipinski definition) is 1. The molecule has 0 aliphatic heterocycles. The molecule has 0 aliphatic carbocycles. The molecule has 84 valence electrons. The fourth-order valence-corrected chi connectivity index (χ4v) is 2.18. The molecule has 1 atom stereocenters. The first-order valence-corrected chi connectivity index (χ1v) is 5.87. The molecule has 0 spiro atoms. The summed E-state index contributed by atoms with van der Waals surface area (Å²) in [6.07, 6.45) is 4.19. The van der Waals surface area contributed by atoms with Crippen LogP contribution in [0.15, 0.2) is 36.5 Å². The predicted molar refractivity (Wildman–Crippen MR) is 68.5 cm³/mol. The largest absolute Gasteiger partial charge is 0.313 e. The van der Waals surface area contributed by atoms with E-state index in [1.165, 1.54) is 17.4 Å². The zero-order valence-electron chi connectivity index (χ0n) is 9.90. The van der Waals surface area contributed by atoms with E-state index in [-0.39, 0.29) is 0 Å². The van der Waals surface area contributed by atoms with Crippen LogP contribution in [0.3, 0.4) is 0 Å². The Morgan fingerprint density at radius 1 is 1.25 bits per heavy atom. The minimum absolute atomic E-state index is 0.429. The molecule has 1 unspecified atom stereocenters. The van der Waals surface area contributed by atoms with Crippen molar-refractivity contribution >= 4 is 10.9 Å². The van der Waals surface area contributed by atoms with Crippen LogP contribution in [0.5, 0.6) is 0 Å². The van der Waals surface area contributed by atoms with Crippen molar-refractivity contribution in [1.29, 1.82) is 0 Å². The van der Waals surface area contributed by atoms with Crippen LogP contribution < -0.4 is 5.32 Å². The second-order valence-corrected chi connectivity index (χ2v) is 4.05. The number of aromatic nitrogens is 1. The Balaban J connectivity index is 2.50. The Kier molecular flexibility index (Phi) is 3.52. The number of pyridine rings is 1. The monoisotopic (exact) mass is 214 g/mol. The lowest BCUT2D eigenvalue weighted by Gasteiger charge is -2.17. The second kappa shape index (κ2) is 5.08. The van der Waals surface area contributed by atoms with Crippen LogP contribution in [0.2, 0.25) is 0 Å². The summed E-state index contributed by atoms with van der Waals surface area (Å²) in [7, 11) is 2.02. The Labute approximate surface area is 96.7 Å². The van der Waals surface area contributed by atoms with Gasteiger partial charge in [-0.1, -0.05) is 31.5 Å². The van der Waals surface area contributed by atoms with Gasteiger partial charge in [-0.2, -0.15) is 0 Å². The molecule has 1 aromatic carbocycles. The molecule has 1 heterocycles. The molecule has 1 aromatic heterocycles. The number of benzene rings is 1. The van der Waals surface area contributed by atoms with E-state index in [4.69, 9.17) is 0 Å². The van der Waals surface area contributed by atoms with Gasteiger partial charge in [-0.15, -0.1) is 0 Å². The second-order valence-electron chi connectivity index (χ2n) is 4.05. The normalized spacial score (nSPS) is 12.9. The molecule has 0 amide bonds. The predicted octanol–water partition coefficient (Wildman–Crippen LogP) is 3.30.